The molecule has 0 radical (unpaired) electrons. The van der Waals surface area contributed by atoms with Crippen molar-refractivity contribution in [1.29, 1.82) is 0 Å². The molecule has 0 amide bonds. The summed E-state index contributed by atoms with van der Waals surface area (Å²) in [5.74, 6) is -1.31. The third kappa shape index (κ3) is 6.47. The van der Waals surface area contributed by atoms with Crippen LogP contribution in [0.3, 0.4) is 0 Å². The van der Waals surface area contributed by atoms with E-state index < -0.39 is 23.7 Å². The van der Waals surface area contributed by atoms with Gasteiger partial charge in [-0.2, -0.15) is 18.3 Å². The maximum atomic E-state index is 13.4. The lowest BCUT2D eigenvalue weighted by Gasteiger charge is -2.13. The van der Waals surface area contributed by atoms with Crippen LogP contribution in [0.25, 0.3) is 11.4 Å². The number of aromatic nitrogens is 2. The summed E-state index contributed by atoms with van der Waals surface area (Å²) >= 11 is 5.78. The molecule has 0 bridgehead atoms. The van der Waals surface area contributed by atoms with Crippen LogP contribution in [-0.4, -0.2) is 36.2 Å². The Morgan fingerprint density at radius 3 is 2.54 bits per heavy atom. The van der Waals surface area contributed by atoms with Gasteiger partial charge in [0, 0.05) is 23.7 Å². The largest absolute Gasteiger partial charge is 0.496 e. The Kier molecular flexibility index (Phi) is 8.23. The molecule has 3 rings (SSSR count). The van der Waals surface area contributed by atoms with Gasteiger partial charge in [0.1, 0.15) is 28.8 Å². The first kappa shape index (κ1) is 27.3. The lowest BCUT2D eigenvalue weighted by molar-refractivity contribution is -0.141. The SMILES string of the molecule is C=C(N=C/C(=C(\N)n1ccc(C(F)(F)F)n1)c1ccc(OC)c(C(=O)OC)c1)Nc1ccc(F)c(Cl)c1. The molecule has 0 saturated heterocycles. The van der Waals surface area contributed by atoms with Crippen molar-refractivity contribution in [2.75, 3.05) is 19.5 Å². The minimum atomic E-state index is -4.69. The van der Waals surface area contributed by atoms with E-state index >= 15 is 0 Å². The van der Waals surface area contributed by atoms with Gasteiger partial charge >= 0.3 is 12.1 Å². The molecule has 0 atom stereocenters. The number of nitrogens with one attached hydrogen (secondary N) is 1. The van der Waals surface area contributed by atoms with Crippen LogP contribution in [0.4, 0.5) is 23.2 Å². The van der Waals surface area contributed by atoms with Crippen LogP contribution in [0.5, 0.6) is 5.75 Å². The van der Waals surface area contributed by atoms with Crippen LogP contribution in [0.15, 0.2) is 66.1 Å². The van der Waals surface area contributed by atoms with Crippen molar-refractivity contribution in [3.8, 4) is 5.75 Å². The quantitative estimate of drug-likeness (QED) is 0.226. The second kappa shape index (κ2) is 11.2. The number of carbonyl (C=O) groups excluding carboxylic acids is 1. The molecule has 1 heterocycles. The van der Waals surface area contributed by atoms with E-state index in [0.717, 1.165) is 23.0 Å². The van der Waals surface area contributed by atoms with Crippen molar-refractivity contribution < 1.29 is 31.8 Å². The Hall–Kier alpha value is -4.32. The average molecular weight is 538 g/mol. The molecule has 13 heteroatoms. The molecule has 3 N–H and O–H groups in total. The Labute approximate surface area is 213 Å². The molecule has 0 spiro atoms. The summed E-state index contributed by atoms with van der Waals surface area (Å²) in [6, 6.07) is 8.98. The highest BCUT2D eigenvalue weighted by Crippen LogP contribution is 2.29. The Balaban J connectivity index is 2.07. The monoisotopic (exact) mass is 537 g/mol. The molecule has 2 aromatic carbocycles. The first-order chi connectivity index (χ1) is 17.4. The summed E-state index contributed by atoms with van der Waals surface area (Å²) in [7, 11) is 2.54. The summed E-state index contributed by atoms with van der Waals surface area (Å²) in [6.07, 6.45) is -2.44. The number of allylic oxidation sites excluding steroid dienone is 1. The summed E-state index contributed by atoms with van der Waals surface area (Å²) in [5.41, 5.74) is 5.83. The highest BCUT2D eigenvalue weighted by Gasteiger charge is 2.33. The molecule has 0 unspecified atom stereocenters. The van der Waals surface area contributed by atoms with Crippen molar-refractivity contribution >= 4 is 40.9 Å². The van der Waals surface area contributed by atoms with E-state index in [-0.39, 0.29) is 39.1 Å². The summed E-state index contributed by atoms with van der Waals surface area (Å²) in [6.45, 7) is 3.75. The maximum Gasteiger partial charge on any atom is 0.435 e. The minimum absolute atomic E-state index is 0.0375. The van der Waals surface area contributed by atoms with Gasteiger partial charge in [0.15, 0.2) is 5.69 Å². The van der Waals surface area contributed by atoms with Gasteiger partial charge in [0.25, 0.3) is 0 Å². The molecule has 0 saturated carbocycles. The van der Waals surface area contributed by atoms with Gasteiger partial charge < -0.3 is 20.5 Å². The van der Waals surface area contributed by atoms with Crippen LogP contribution in [0.2, 0.25) is 5.02 Å². The topological polar surface area (TPSA) is 104 Å². The first-order valence-corrected chi connectivity index (χ1v) is 10.7. The summed E-state index contributed by atoms with van der Waals surface area (Å²) in [4.78, 5) is 16.4. The number of aliphatic imine (C=N–C) groups is 1. The number of nitrogens with zero attached hydrogens (tertiary/aromatic N) is 3. The highest BCUT2D eigenvalue weighted by molar-refractivity contribution is 6.31. The van der Waals surface area contributed by atoms with Gasteiger partial charge in [-0.1, -0.05) is 24.2 Å². The van der Waals surface area contributed by atoms with Gasteiger partial charge in [-0.3, -0.25) is 0 Å². The smallest absolute Gasteiger partial charge is 0.435 e. The van der Waals surface area contributed by atoms with Crippen molar-refractivity contribution in [1.82, 2.24) is 9.78 Å². The molecule has 3 aromatic rings. The summed E-state index contributed by atoms with van der Waals surface area (Å²) < 4.78 is 63.5. The van der Waals surface area contributed by atoms with E-state index in [2.05, 4.69) is 22.0 Å². The second-order valence-corrected chi connectivity index (χ2v) is 7.71. The molecule has 1 aromatic heterocycles. The predicted molar refractivity (Wildman–Crippen MR) is 132 cm³/mol. The van der Waals surface area contributed by atoms with Gasteiger partial charge in [-0.15, -0.1) is 0 Å². The maximum absolute atomic E-state index is 13.4. The number of rotatable bonds is 8. The van der Waals surface area contributed by atoms with Crippen molar-refractivity contribution in [3.63, 3.8) is 0 Å². The molecule has 0 fully saturated rings. The summed E-state index contributed by atoms with van der Waals surface area (Å²) in [5, 5.41) is 6.17. The van der Waals surface area contributed by atoms with E-state index in [1.807, 2.05) is 0 Å². The van der Waals surface area contributed by atoms with Crippen molar-refractivity contribution in [3.05, 3.63) is 88.7 Å². The van der Waals surface area contributed by atoms with Crippen LogP contribution in [-0.2, 0) is 10.9 Å². The Bertz CT molecular complexity index is 1400. The molecule has 0 aliphatic carbocycles. The fourth-order valence-corrected chi connectivity index (χ4v) is 3.26. The average Bonchev–Trinajstić information content (AvgIpc) is 3.37. The lowest BCUT2D eigenvalue weighted by Crippen LogP contribution is -2.14. The number of alkyl halides is 3. The molecule has 194 valence electrons. The minimum Gasteiger partial charge on any atom is -0.496 e. The number of anilines is 1. The number of hydrogen-bond acceptors (Lipinski definition) is 7. The first-order valence-electron chi connectivity index (χ1n) is 10.3. The number of esters is 1. The highest BCUT2D eigenvalue weighted by atomic mass is 35.5. The number of methoxy groups -OCH3 is 2. The van der Waals surface area contributed by atoms with Gasteiger partial charge in [-0.05, 0) is 42.0 Å². The van der Waals surface area contributed by atoms with E-state index in [0.29, 0.717) is 5.69 Å². The number of halogens is 5. The third-order valence-electron chi connectivity index (χ3n) is 4.88. The zero-order valence-electron chi connectivity index (χ0n) is 19.4. The van der Waals surface area contributed by atoms with E-state index in [9.17, 15) is 22.4 Å². The number of benzene rings is 2. The lowest BCUT2D eigenvalue weighted by atomic mass is 10.0. The molecule has 0 aliphatic rings. The number of hydrogen-bond donors (Lipinski definition) is 2. The van der Waals surface area contributed by atoms with Crippen molar-refractivity contribution in [2.45, 2.75) is 6.18 Å². The van der Waals surface area contributed by atoms with E-state index in [4.69, 9.17) is 26.8 Å². The van der Waals surface area contributed by atoms with Crippen LogP contribution >= 0.6 is 11.6 Å². The fourth-order valence-electron chi connectivity index (χ4n) is 3.08. The van der Waals surface area contributed by atoms with Crippen LogP contribution < -0.4 is 15.8 Å². The van der Waals surface area contributed by atoms with Gasteiger partial charge in [0.2, 0.25) is 0 Å². The predicted octanol–water partition coefficient (Wildman–Crippen LogP) is 5.43. The second-order valence-electron chi connectivity index (χ2n) is 7.31. The molecular formula is C24H20ClF4N5O3. The number of carbonyl (C=O) groups is 1. The standard InChI is InChI=1S/C24H20ClF4N5O3/c1-13(32-15-5-6-19(26)18(25)11-15)31-12-17(22(30)34-9-8-21(33-34)24(27,28)29)14-4-7-20(36-2)16(10-14)23(35)37-3/h4-12,32H,1,30H2,2-3H3/b22-17-,31-12?. The van der Waals surface area contributed by atoms with Crippen LogP contribution in [0, 0.1) is 5.82 Å². The Morgan fingerprint density at radius 1 is 1.22 bits per heavy atom. The Morgan fingerprint density at radius 2 is 1.95 bits per heavy atom. The van der Waals surface area contributed by atoms with Gasteiger partial charge in [0.05, 0.1) is 19.2 Å². The van der Waals surface area contributed by atoms with Crippen molar-refractivity contribution in [2.24, 2.45) is 10.7 Å². The number of ether oxygens (including phenoxy) is 2. The third-order valence-corrected chi connectivity index (χ3v) is 5.17. The zero-order valence-corrected chi connectivity index (χ0v) is 20.2. The van der Waals surface area contributed by atoms with E-state index in [1.54, 1.807) is 0 Å². The fraction of sp³-hybridized carbons (Fsp3) is 0.125. The normalized spacial score (nSPS) is 12.3. The molecule has 37 heavy (non-hydrogen) atoms. The van der Waals surface area contributed by atoms with Crippen LogP contribution in [0.1, 0.15) is 21.6 Å². The molecule has 0 aliphatic heterocycles. The zero-order chi connectivity index (χ0) is 27.3. The van der Waals surface area contributed by atoms with Gasteiger partial charge in [-0.25, -0.2) is 18.9 Å². The number of nitrogens with two attached hydrogens (primary N) is 1. The van der Waals surface area contributed by atoms with E-state index in [1.165, 1.54) is 50.8 Å². The molecular weight excluding hydrogens is 518 g/mol. The molecule has 8 nitrogen and oxygen atoms in total.